The summed E-state index contributed by atoms with van der Waals surface area (Å²) in [5.41, 5.74) is 4.78. The summed E-state index contributed by atoms with van der Waals surface area (Å²) in [7, 11) is 0. The van der Waals surface area contributed by atoms with Gasteiger partial charge in [0, 0.05) is 10.1 Å². The van der Waals surface area contributed by atoms with Gasteiger partial charge in [-0.15, -0.1) is 11.3 Å². The number of carbonyl (C=O) groups is 2. The third-order valence-corrected chi connectivity index (χ3v) is 6.17. The maximum Gasteiger partial charge on any atom is 0.343 e. The van der Waals surface area contributed by atoms with Crippen LogP contribution in [0.15, 0.2) is 77.9 Å². The van der Waals surface area contributed by atoms with Crippen molar-refractivity contribution in [3.63, 3.8) is 0 Å². The summed E-state index contributed by atoms with van der Waals surface area (Å²) >= 11 is 7.63. The molecule has 1 heterocycles. The maximum absolute atomic E-state index is 12.4. The lowest BCUT2D eigenvalue weighted by Crippen LogP contribution is -2.16. The molecule has 4 aromatic rings. The van der Waals surface area contributed by atoms with E-state index in [4.69, 9.17) is 16.3 Å². The van der Waals surface area contributed by atoms with Crippen LogP contribution in [-0.4, -0.2) is 18.1 Å². The molecule has 0 atom stereocenters. The van der Waals surface area contributed by atoms with Gasteiger partial charge in [0.05, 0.1) is 16.8 Å². The third kappa shape index (κ3) is 4.82. The number of aryl methyl sites for hydroxylation is 1. The van der Waals surface area contributed by atoms with E-state index in [1.54, 1.807) is 36.4 Å². The first kappa shape index (κ1) is 20.8. The molecule has 0 aliphatic carbocycles. The summed E-state index contributed by atoms with van der Waals surface area (Å²) in [5.74, 6) is -0.371. The number of ether oxygens (including phenoxy) is 1. The molecule has 154 valence electrons. The number of nitrogens with zero attached hydrogens (tertiary/aromatic N) is 1. The van der Waals surface area contributed by atoms with Crippen molar-refractivity contribution in [2.24, 2.45) is 5.10 Å². The zero-order valence-electron chi connectivity index (χ0n) is 16.5. The van der Waals surface area contributed by atoms with Crippen molar-refractivity contribution in [3.05, 3.63) is 99.4 Å². The zero-order valence-corrected chi connectivity index (χ0v) is 18.0. The van der Waals surface area contributed by atoms with Gasteiger partial charge in [-0.05, 0) is 55.0 Å². The molecule has 0 aliphatic rings. The van der Waals surface area contributed by atoms with Gasteiger partial charge in [-0.3, -0.25) is 4.79 Å². The van der Waals surface area contributed by atoms with Gasteiger partial charge in [0.2, 0.25) is 0 Å². The molecule has 1 amide bonds. The number of esters is 1. The van der Waals surface area contributed by atoms with Crippen LogP contribution in [-0.2, 0) is 0 Å². The molecule has 0 spiro atoms. The van der Waals surface area contributed by atoms with Crippen LogP contribution in [0.25, 0.3) is 10.1 Å². The number of carbonyl (C=O) groups excluding carboxylic acids is 2. The second-order valence-corrected chi connectivity index (χ2v) is 8.20. The Morgan fingerprint density at radius 2 is 1.71 bits per heavy atom. The third-order valence-electron chi connectivity index (χ3n) is 4.50. The van der Waals surface area contributed by atoms with E-state index in [-0.39, 0.29) is 5.91 Å². The molecule has 0 fully saturated rings. The standard InChI is InChI=1S/C24H17ClN2O3S/c1-15-6-10-17(11-7-15)24(29)30-18-12-8-16(9-13-18)14-26-27-23(28)22-21(25)19-4-2-3-5-20(19)31-22/h2-14H,1H3,(H,27,28). The normalized spacial score (nSPS) is 11.0. The first-order valence-corrected chi connectivity index (χ1v) is 10.6. The topological polar surface area (TPSA) is 67.8 Å². The number of hydrogen-bond donors (Lipinski definition) is 1. The van der Waals surface area contributed by atoms with E-state index in [1.165, 1.54) is 17.6 Å². The molecule has 1 N–H and O–H groups in total. The molecule has 5 nitrogen and oxygen atoms in total. The Labute approximate surface area is 187 Å². The molecule has 7 heteroatoms. The van der Waals surface area contributed by atoms with Gasteiger partial charge in [-0.2, -0.15) is 5.10 Å². The van der Waals surface area contributed by atoms with Gasteiger partial charge in [-0.25, -0.2) is 10.2 Å². The van der Waals surface area contributed by atoms with Crippen molar-refractivity contribution in [2.45, 2.75) is 6.92 Å². The fourth-order valence-corrected chi connectivity index (χ4v) is 4.26. The molecule has 0 bridgehead atoms. The summed E-state index contributed by atoms with van der Waals surface area (Å²) in [5, 5.41) is 5.26. The Hall–Kier alpha value is -3.48. The smallest absolute Gasteiger partial charge is 0.343 e. The predicted octanol–water partition coefficient (Wildman–Crippen LogP) is 5.85. The summed E-state index contributed by atoms with van der Waals surface area (Å²) in [4.78, 5) is 25.0. The Kier molecular flexibility index (Phi) is 6.11. The van der Waals surface area contributed by atoms with Crippen LogP contribution in [0.3, 0.4) is 0 Å². The van der Waals surface area contributed by atoms with E-state index in [9.17, 15) is 9.59 Å². The highest BCUT2D eigenvalue weighted by atomic mass is 35.5. The van der Waals surface area contributed by atoms with Crippen LogP contribution in [0, 0.1) is 6.92 Å². The summed E-state index contributed by atoms with van der Waals surface area (Å²) in [6, 6.07) is 21.5. The van der Waals surface area contributed by atoms with E-state index >= 15 is 0 Å². The number of hydrazone groups is 1. The Balaban J connectivity index is 1.37. The number of fused-ring (bicyclic) bond motifs is 1. The zero-order chi connectivity index (χ0) is 21.8. The molecule has 1 aromatic heterocycles. The number of rotatable bonds is 5. The van der Waals surface area contributed by atoms with Crippen molar-refractivity contribution >= 4 is 51.1 Å². The van der Waals surface area contributed by atoms with Gasteiger partial charge in [-0.1, -0.05) is 47.5 Å². The number of hydrogen-bond acceptors (Lipinski definition) is 5. The van der Waals surface area contributed by atoms with Crippen molar-refractivity contribution in [1.82, 2.24) is 5.43 Å². The molecule has 0 aliphatic heterocycles. The molecule has 31 heavy (non-hydrogen) atoms. The number of amides is 1. The van der Waals surface area contributed by atoms with Crippen LogP contribution >= 0.6 is 22.9 Å². The van der Waals surface area contributed by atoms with Crippen LogP contribution in [0.1, 0.15) is 31.2 Å². The number of nitrogens with one attached hydrogen (secondary N) is 1. The quantitative estimate of drug-likeness (QED) is 0.180. The molecule has 4 rings (SSSR count). The maximum atomic E-state index is 12.4. The average molecular weight is 449 g/mol. The second kappa shape index (κ2) is 9.12. The van der Waals surface area contributed by atoms with Crippen molar-refractivity contribution in [2.75, 3.05) is 0 Å². The Morgan fingerprint density at radius 3 is 2.42 bits per heavy atom. The second-order valence-electron chi connectivity index (χ2n) is 6.77. The lowest BCUT2D eigenvalue weighted by Gasteiger charge is -2.05. The summed E-state index contributed by atoms with van der Waals surface area (Å²) < 4.78 is 6.31. The van der Waals surface area contributed by atoms with Crippen LogP contribution in [0.5, 0.6) is 5.75 Å². The molecule has 0 radical (unpaired) electrons. The van der Waals surface area contributed by atoms with Crippen LogP contribution < -0.4 is 10.2 Å². The fourth-order valence-electron chi connectivity index (χ4n) is 2.85. The average Bonchev–Trinajstić information content (AvgIpc) is 3.12. The van der Waals surface area contributed by atoms with Gasteiger partial charge < -0.3 is 4.74 Å². The lowest BCUT2D eigenvalue weighted by atomic mass is 10.1. The van der Waals surface area contributed by atoms with Crippen molar-refractivity contribution in [3.8, 4) is 5.75 Å². The van der Waals surface area contributed by atoms with E-state index < -0.39 is 5.97 Å². The van der Waals surface area contributed by atoms with Gasteiger partial charge in [0.15, 0.2) is 0 Å². The highest BCUT2D eigenvalue weighted by Crippen LogP contribution is 2.34. The van der Waals surface area contributed by atoms with Crippen LogP contribution in [0.4, 0.5) is 0 Å². The minimum Gasteiger partial charge on any atom is -0.423 e. The molecule has 0 unspecified atom stereocenters. The van der Waals surface area contributed by atoms with Gasteiger partial charge in [0.25, 0.3) is 5.91 Å². The van der Waals surface area contributed by atoms with E-state index in [1.807, 2.05) is 43.3 Å². The van der Waals surface area contributed by atoms with Crippen LogP contribution in [0.2, 0.25) is 5.02 Å². The Morgan fingerprint density at radius 1 is 1.00 bits per heavy atom. The molecular weight excluding hydrogens is 432 g/mol. The SMILES string of the molecule is Cc1ccc(C(=O)Oc2ccc(C=NNC(=O)c3sc4ccccc4c3Cl)cc2)cc1. The number of thiophene rings is 1. The highest BCUT2D eigenvalue weighted by molar-refractivity contribution is 7.21. The first-order chi connectivity index (χ1) is 15.0. The number of halogens is 1. The highest BCUT2D eigenvalue weighted by Gasteiger charge is 2.16. The predicted molar refractivity (Wildman–Crippen MR) is 124 cm³/mol. The molecule has 0 saturated carbocycles. The van der Waals surface area contributed by atoms with E-state index in [0.717, 1.165) is 21.2 Å². The van der Waals surface area contributed by atoms with E-state index in [2.05, 4.69) is 10.5 Å². The minimum absolute atomic E-state index is 0.369. The lowest BCUT2D eigenvalue weighted by molar-refractivity contribution is 0.0734. The van der Waals surface area contributed by atoms with Gasteiger partial charge >= 0.3 is 5.97 Å². The fraction of sp³-hybridized carbons (Fsp3) is 0.0417. The summed E-state index contributed by atoms with van der Waals surface area (Å²) in [6.07, 6.45) is 1.50. The van der Waals surface area contributed by atoms with E-state index in [0.29, 0.717) is 21.2 Å². The van der Waals surface area contributed by atoms with Crippen molar-refractivity contribution < 1.29 is 14.3 Å². The Bertz CT molecular complexity index is 1280. The minimum atomic E-state index is -0.422. The molecule has 0 saturated heterocycles. The first-order valence-electron chi connectivity index (χ1n) is 9.40. The summed E-state index contributed by atoms with van der Waals surface area (Å²) in [6.45, 7) is 1.95. The van der Waals surface area contributed by atoms with Crippen molar-refractivity contribution in [1.29, 1.82) is 0 Å². The van der Waals surface area contributed by atoms with Gasteiger partial charge in [0.1, 0.15) is 10.6 Å². The largest absolute Gasteiger partial charge is 0.423 e. The molecular formula is C24H17ClN2O3S. The molecule has 3 aromatic carbocycles. The number of benzene rings is 3. The monoisotopic (exact) mass is 448 g/mol.